The number of carbonyl (C=O) groups excluding carboxylic acids is 2. The summed E-state index contributed by atoms with van der Waals surface area (Å²) in [6, 6.07) is 3.66. The van der Waals surface area contributed by atoms with E-state index in [0.29, 0.717) is 12.1 Å². The van der Waals surface area contributed by atoms with Crippen molar-refractivity contribution in [2.45, 2.75) is 13.8 Å². The maximum absolute atomic E-state index is 11.9. The minimum Gasteiger partial charge on any atom is -0.304 e. The van der Waals surface area contributed by atoms with Crippen LogP contribution in [0.1, 0.15) is 21.5 Å². The van der Waals surface area contributed by atoms with Crippen molar-refractivity contribution in [3.05, 3.63) is 28.8 Å². The number of benzene rings is 1. The molecular formula is C13H15NO2S. The molecule has 0 N–H and O–H groups in total. The smallest absolute Gasteiger partial charge is 0.299 e. The Bertz CT molecular complexity index is 496. The molecule has 1 aromatic carbocycles. The Labute approximate surface area is 105 Å². The van der Waals surface area contributed by atoms with Crippen LogP contribution in [0.2, 0.25) is 0 Å². The number of rotatable bonds is 3. The van der Waals surface area contributed by atoms with Crippen molar-refractivity contribution in [3.63, 3.8) is 0 Å². The molecule has 3 nitrogen and oxygen atoms in total. The van der Waals surface area contributed by atoms with Gasteiger partial charge in [0.15, 0.2) is 0 Å². The molecule has 0 aromatic heterocycles. The fraction of sp³-hybridized carbons (Fsp3) is 0.385. The van der Waals surface area contributed by atoms with E-state index in [4.69, 9.17) is 0 Å². The molecule has 0 fully saturated rings. The first kappa shape index (κ1) is 12.2. The number of hydrogen-bond donors (Lipinski definition) is 0. The van der Waals surface area contributed by atoms with Gasteiger partial charge in [-0.3, -0.25) is 9.59 Å². The van der Waals surface area contributed by atoms with Crippen molar-refractivity contribution in [3.8, 4) is 0 Å². The molecule has 90 valence electrons. The maximum Gasteiger partial charge on any atom is 0.299 e. The second-order valence-corrected chi connectivity index (χ2v) is 5.17. The van der Waals surface area contributed by atoms with Crippen LogP contribution in [0.25, 0.3) is 0 Å². The summed E-state index contributed by atoms with van der Waals surface area (Å²) in [7, 11) is 0. The van der Waals surface area contributed by atoms with E-state index >= 15 is 0 Å². The van der Waals surface area contributed by atoms with Crippen molar-refractivity contribution in [2.24, 2.45) is 0 Å². The average Bonchev–Trinajstić information content (AvgIpc) is 2.56. The van der Waals surface area contributed by atoms with Crippen molar-refractivity contribution in [1.82, 2.24) is 0 Å². The van der Waals surface area contributed by atoms with Crippen LogP contribution in [-0.2, 0) is 4.79 Å². The summed E-state index contributed by atoms with van der Waals surface area (Å²) in [6.07, 6.45) is 1.99. The van der Waals surface area contributed by atoms with Gasteiger partial charge in [-0.2, -0.15) is 11.8 Å². The first-order valence-electron chi connectivity index (χ1n) is 5.53. The third kappa shape index (κ3) is 1.86. The number of anilines is 1. The molecule has 0 radical (unpaired) electrons. The lowest BCUT2D eigenvalue weighted by Gasteiger charge is -2.18. The van der Waals surface area contributed by atoms with Crippen molar-refractivity contribution in [2.75, 3.05) is 23.5 Å². The lowest BCUT2D eigenvalue weighted by molar-refractivity contribution is -0.114. The predicted molar refractivity (Wildman–Crippen MR) is 71.0 cm³/mol. The number of nitrogens with zero attached hydrogens (tertiary/aromatic N) is 1. The molecule has 0 saturated heterocycles. The highest BCUT2D eigenvalue weighted by Gasteiger charge is 2.36. The molecule has 2 rings (SSSR count). The highest BCUT2D eigenvalue weighted by molar-refractivity contribution is 7.98. The fourth-order valence-electron chi connectivity index (χ4n) is 2.07. The van der Waals surface area contributed by atoms with Crippen molar-refractivity contribution in [1.29, 1.82) is 0 Å². The van der Waals surface area contributed by atoms with Crippen LogP contribution >= 0.6 is 11.8 Å². The van der Waals surface area contributed by atoms with Crippen LogP contribution in [0, 0.1) is 13.8 Å². The van der Waals surface area contributed by atoms with Gasteiger partial charge in [0.2, 0.25) is 0 Å². The normalized spacial score (nSPS) is 14.4. The molecule has 1 aromatic rings. The summed E-state index contributed by atoms with van der Waals surface area (Å²) < 4.78 is 0. The summed E-state index contributed by atoms with van der Waals surface area (Å²) in [5.41, 5.74) is 3.51. The molecule has 1 amide bonds. The van der Waals surface area contributed by atoms with Gasteiger partial charge in [-0.05, 0) is 37.3 Å². The van der Waals surface area contributed by atoms with E-state index in [9.17, 15) is 9.59 Å². The van der Waals surface area contributed by atoms with Crippen molar-refractivity contribution < 1.29 is 9.59 Å². The number of aryl methyl sites for hydroxylation is 1. The zero-order valence-electron chi connectivity index (χ0n) is 10.2. The molecule has 0 saturated carbocycles. The van der Waals surface area contributed by atoms with Gasteiger partial charge in [-0.25, -0.2) is 0 Å². The average molecular weight is 249 g/mol. The van der Waals surface area contributed by atoms with E-state index in [0.717, 1.165) is 22.6 Å². The van der Waals surface area contributed by atoms with Crippen LogP contribution in [0.15, 0.2) is 12.1 Å². The monoisotopic (exact) mass is 249 g/mol. The van der Waals surface area contributed by atoms with Gasteiger partial charge in [0.25, 0.3) is 11.7 Å². The van der Waals surface area contributed by atoms with E-state index in [-0.39, 0.29) is 11.7 Å². The summed E-state index contributed by atoms with van der Waals surface area (Å²) in [6.45, 7) is 4.56. The molecule has 1 heterocycles. The summed E-state index contributed by atoms with van der Waals surface area (Å²) in [5, 5.41) is 0. The largest absolute Gasteiger partial charge is 0.304 e. The van der Waals surface area contributed by atoms with E-state index in [1.165, 1.54) is 0 Å². The van der Waals surface area contributed by atoms with Crippen LogP contribution in [0.4, 0.5) is 5.69 Å². The fourth-order valence-corrected chi connectivity index (χ4v) is 2.43. The van der Waals surface area contributed by atoms with Gasteiger partial charge < -0.3 is 4.90 Å². The van der Waals surface area contributed by atoms with Crippen molar-refractivity contribution >= 4 is 29.1 Å². The quantitative estimate of drug-likeness (QED) is 0.771. The number of Topliss-reactive ketones (excluding diaryl/α,β-unsaturated/α-hetero) is 1. The first-order valence-corrected chi connectivity index (χ1v) is 6.92. The Balaban J connectivity index is 2.50. The number of carbonyl (C=O) groups is 2. The Kier molecular flexibility index (Phi) is 3.24. The third-order valence-electron chi connectivity index (χ3n) is 3.17. The first-order chi connectivity index (χ1) is 8.07. The number of ketones is 1. The number of fused-ring (bicyclic) bond motifs is 1. The minimum atomic E-state index is -0.386. The molecule has 0 unspecified atom stereocenters. The highest BCUT2D eigenvalue weighted by Crippen LogP contribution is 2.33. The van der Waals surface area contributed by atoms with E-state index < -0.39 is 0 Å². The standard InChI is InChI=1S/C13H15NO2S/c1-8-4-5-10-11(9(8)2)14(6-7-17-3)13(16)12(10)15/h4-5H,6-7H2,1-3H3. The molecule has 0 aliphatic carbocycles. The number of amides is 1. The lowest BCUT2D eigenvalue weighted by Crippen LogP contribution is -2.32. The van der Waals surface area contributed by atoms with E-state index in [1.54, 1.807) is 22.7 Å². The topological polar surface area (TPSA) is 37.4 Å². The Hall–Kier alpha value is -1.29. The summed E-state index contributed by atoms with van der Waals surface area (Å²) in [4.78, 5) is 25.4. The predicted octanol–water partition coefficient (Wildman–Crippen LogP) is 2.20. The molecule has 0 atom stereocenters. The molecule has 17 heavy (non-hydrogen) atoms. The zero-order valence-corrected chi connectivity index (χ0v) is 11.1. The Morgan fingerprint density at radius 1 is 1.24 bits per heavy atom. The maximum atomic E-state index is 11.9. The molecule has 0 bridgehead atoms. The second kappa shape index (κ2) is 4.53. The summed E-state index contributed by atoms with van der Waals surface area (Å²) >= 11 is 1.67. The van der Waals surface area contributed by atoms with Gasteiger partial charge in [0, 0.05) is 12.3 Å². The van der Waals surface area contributed by atoms with E-state index in [2.05, 4.69) is 0 Å². The number of thioether (sulfide) groups is 1. The van der Waals surface area contributed by atoms with Gasteiger partial charge in [0.1, 0.15) is 0 Å². The van der Waals surface area contributed by atoms with E-state index in [1.807, 2.05) is 26.2 Å². The minimum absolute atomic E-state index is 0.371. The Morgan fingerprint density at radius 2 is 1.94 bits per heavy atom. The Morgan fingerprint density at radius 3 is 2.59 bits per heavy atom. The van der Waals surface area contributed by atoms with Gasteiger partial charge in [0.05, 0.1) is 11.3 Å². The zero-order chi connectivity index (χ0) is 12.6. The second-order valence-electron chi connectivity index (χ2n) is 4.18. The van der Waals surface area contributed by atoms with Gasteiger partial charge >= 0.3 is 0 Å². The molecule has 1 aliphatic rings. The third-order valence-corrected chi connectivity index (χ3v) is 3.77. The lowest BCUT2D eigenvalue weighted by atomic mass is 10.0. The molecule has 0 spiro atoms. The van der Waals surface area contributed by atoms with Gasteiger partial charge in [-0.1, -0.05) is 6.07 Å². The SMILES string of the molecule is CSCCN1C(=O)C(=O)c2ccc(C)c(C)c21. The summed E-state index contributed by atoms with van der Waals surface area (Å²) in [5.74, 6) is 0.0817. The van der Waals surface area contributed by atoms with Crippen LogP contribution in [-0.4, -0.2) is 30.2 Å². The van der Waals surface area contributed by atoms with Crippen LogP contribution in [0.5, 0.6) is 0 Å². The van der Waals surface area contributed by atoms with Gasteiger partial charge in [-0.15, -0.1) is 0 Å². The van der Waals surface area contributed by atoms with Crippen LogP contribution < -0.4 is 4.90 Å². The molecular weight excluding hydrogens is 234 g/mol. The van der Waals surface area contributed by atoms with Crippen LogP contribution in [0.3, 0.4) is 0 Å². The molecule has 1 aliphatic heterocycles. The number of hydrogen-bond acceptors (Lipinski definition) is 3. The highest BCUT2D eigenvalue weighted by atomic mass is 32.2. The molecule has 4 heteroatoms.